The van der Waals surface area contributed by atoms with Crippen molar-refractivity contribution in [2.75, 3.05) is 25.5 Å². The highest BCUT2D eigenvalue weighted by molar-refractivity contribution is 5.95. The molecule has 156 valence electrons. The molecule has 0 saturated heterocycles. The van der Waals surface area contributed by atoms with Crippen molar-refractivity contribution >= 4 is 28.3 Å². The maximum absolute atomic E-state index is 12.4. The van der Waals surface area contributed by atoms with Crippen LogP contribution in [-0.2, 0) is 9.59 Å². The molecule has 3 aromatic rings. The van der Waals surface area contributed by atoms with Crippen LogP contribution in [0.4, 0.5) is 5.69 Å². The Morgan fingerprint density at radius 1 is 0.967 bits per heavy atom. The standard InChI is InChI=1S/C25H28N2O3/c1-18-9-6-13-22(19(18)2)26-24(28)17-27(3)25(29)15-8-16-30-23-14-7-11-20-10-4-5-12-21(20)23/h4-7,9-14H,8,15-17H2,1-3H3,(H,26,28). The third-order valence-electron chi connectivity index (χ3n) is 5.23. The number of ether oxygens (including phenoxy) is 1. The summed E-state index contributed by atoms with van der Waals surface area (Å²) in [6.45, 7) is 4.44. The molecule has 0 saturated carbocycles. The lowest BCUT2D eigenvalue weighted by Crippen LogP contribution is -2.35. The summed E-state index contributed by atoms with van der Waals surface area (Å²) in [5.41, 5.74) is 2.93. The number of anilines is 1. The van der Waals surface area contributed by atoms with Gasteiger partial charge in [0.1, 0.15) is 5.75 Å². The molecule has 3 rings (SSSR count). The van der Waals surface area contributed by atoms with Crippen LogP contribution in [0.25, 0.3) is 10.8 Å². The lowest BCUT2D eigenvalue weighted by Gasteiger charge is -2.18. The molecule has 2 amide bonds. The van der Waals surface area contributed by atoms with Gasteiger partial charge in [0.15, 0.2) is 0 Å². The molecule has 30 heavy (non-hydrogen) atoms. The molecule has 0 aliphatic carbocycles. The fourth-order valence-corrected chi connectivity index (χ4v) is 3.30. The summed E-state index contributed by atoms with van der Waals surface area (Å²) < 4.78 is 5.88. The van der Waals surface area contributed by atoms with E-state index in [1.165, 1.54) is 4.90 Å². The highest BCUT2D eigenvalue weighted by atomic mass is 16.5. The minimum atomic E-state index is -0.202. The molecule has 0 aliphatic heterocycles. The molecule has 5 nitrogen and oxygen atoms in total. The second-order valence-electron chi connectivity index (χ2n) is 7.47. The van der Waals surface area contributed by atoms with Gasteiger partial charge in [-0.2, -0.15) is 0 Å². The predicted octanol–water partition coefficient (Wildman–Crippen LogP) is 4.71. The van der Waals surface area contributed by atoms with Crippen LogP contribution in [0.3, 0.4) is 0 Å². The first-order valence-corrected chi connectivity index (χ1v) is 10.2. The Balaban J connectivity index is 1.44. The molecule has 0 atom stereocenters. The van der Waals surface area contributed by atoms with Gasteiger partial charge in [0.25, 0.3) is 0 Å². The van der Waals surface area contributed by atoms with Crippen molar-refractivity contribution in [2.24, 2.45) is 0 Å². The summed E-state index contributed by atoms with van der Waals surface area (Å²) in [5, 5.41) is 5.07. The monoisotopic (exact) mass is 404 g/mol. The topological polar surface area (TPSA) is 58.6 Å². The highest BCUT2D eigenvalue weighted by Gasteiger charge is 2.14. The Kier molecular flexibility index (Phi) is 7.07. The Labute approximate surface area is 177 Å². The number of carbonyl (C=O) groups is 2. The van der Waals surface area contributed by atoms with Crippen LogP contribution < -0.4 is 10.1 Å². The van der Waals surface area contributed by atoms with Crippen LogP contribution >= 0.6 is 0 Å². The zero-order chi connectivity index (χ0) is 21.5. The number of amides is 2. The molecule has 0 spiro atoms. The number of hydrogen-bond donors (Lipinski definition) is 1. The van der Waals surface area contributed by atoms with Crippen molar-refractivity contribution in [1.82, 2.24) is 4.90 Å². The predicted molar refractivity (Wildman–Crippen MR) is 121 cm³/mol. The van der Waals surface area contributed by atoms with E-state index in [1.807, 2.05) is 74.5 Å². The van der Waals surface area contributed by atoms with E-state index >= 15 is 0 Å². The number of benzene rings is 3. The van der Waals surface area contributed by atoms with Gasteiger partial charge < -0.3 is 15.0 Å². The van der Waals surface area contributed by atoms with Gasteiger partial charge in [0.05, 0.1) is 13.2 Å². The number of fused-ring (bicyclic) bond motifs is 1. The van der Waals surface area contributed by atoms with E-state index in [9.17, 15) is 9.59 Å². The van der Waals surface area contributed by atoms with E-state index < -0.39 is 0 Å². The first-order valence-electron chi connectivity index (χ1n) is 10.2. The van der Waals surface area contributed by atoms with E-state index in [2.05, 4.69) is 5.32 Å². The van der Waals surface area contributed by atoms with E-state index in [0.717, 1.165) is 33.3 Å². The van der Waals surface area contributed by atoms with E-state index in [1.54, 1.807) is 7.05 Å². The largest absolute Gasteiger partial charge is 0.493 e. The van der Waals surface area contributed by atoms with E-state index in [-0.39, 0.29) is 18.4 Å². The number of carbonyl (C=O) groups excluding carboxylic acids is 2. The third kappa shape index (κ3) is 5.38. The van der Waals surface area contributed by atoms with Gasteiger partial charge in [-0.05, 0) is 48.9 Å². The van der Waals surface area contributed by atoms with Crippen molar-refractivity contribution in [3.05, 3.63) is 71.8 Å². The molecule has 0 heterocycles. The summed E-state index contributed by atoms with van der Waals surface area (Å²) in [6, 6.07) is 19.8. The SMILES string of the molecule is Cc1cccc(NC(=O)CN(C)C(=O)CCCOc2cccc3ccccc23)c1C. The molecule has 0 fully saturated rings. The quantitative estimate of drug-likeness (QED) is 0.553. The molecule has 0 radical (unpaired) electrons. The smallest absolute Gasteiger partial charge is 0.243 e. The number of nitrogens with one attached hydrogen (secondary N) is 1. The fraction of sp³-hybridized carbons (Fsp3) is 0.280. The zero-order valence-corrected chi connectivity index (χ0v) is 17.8. The minimum absolute atomic E-state index is 0.0242. The van der Waals surface area contributed by atoms with Gasteiger partial charge in [-0.25, -0.2) is 0 Å². The van der Waals surface area contributed by atoms with Crippen molar-refractivity contribution in [3.63, 3.8) is 0 Å². The second-order valence-corrected chi connectivity index (χ2v) is 7.47. The van der Waals surface area contributed by atoms with Gasteiger partial charge in [-0.15, -0.1) is 0 Å². The summed E-state index contributed by atoms with van der Waals surface area (Å²) in [6.07, 6.45) is 0.920. The van der Waals surface area contributed by atoms with E-state index in [0.29, 0.717) is 19.4 Å². The average molecular weight is 405 g/mol. The molecule has 0 aromatic heterocycles. The molecule has 1 N–H and O–H groups in total. The van der Waals surface area contributed by atoms with Gasteiger partial charge in [0, 0.05) is 24.5 Å². The van der Waals surface area contributed by atoms with Crippen LogP contribution in [0.15, 0.2) is 60.7 Å². The molecular weight excluding hydrogens is 376 g/mol. The number of likely N-dealkylation sites (N-methyl/N-ethyl adjacent to an activating group) is 1. The number of nitrogens with zero attached hydrogens (tertiary/aromatic N) is 1. The summed E-state index contributed by atoms with van der Waals surface area (Å²) in [7, 11) is 1.65. The van der Waals surface area contributed by atoms with Crippen LogP contribution in [0.5, 0.6) is 5.75 Å². The summed E-state index contributed by atoms with van der Waals surface area (Å²) in [5.74, 6) is 0.543. The minimum Gasteiger partial charge on any atom is -0.493 e. The number of hydrogen-bond acceptors (Lipinski definition) is 3. The lowest BCUT2D eigenvalue weighted by molar-refractivity contribution is -0.133. The average Bonchev–Trinajstić information content (AvgIpc) is 2.74. The molecule has 3 aromatic carbocycles. The van der Waals surface area contributed by atoms with Crippen molar-refractivity contribution in [1.29, 1.82) is 0 Å². The van der Waals surface area contributed by atoms with Gasteiger partial charge in [0.2, 0.25) is 11.8 Å². The zero-order valence-electron chi connectivity index (χ0n) is 17.8. The van der Waals surface area contributed by atoms with Gasteiger partial charge >= 0.3 is 0 Å². The second kappa shape index (κ2) is 9.92. The Morgan fingerprint density at radius 2 is 1.70 bits per heavy atom. The maximum atomic E-state index is 12.4. The van der Waals surface area contributed by atoms with Gasteiger partial charge in [-0.3, -0.25) is 9.59 Å². The van der Waals surface area contributed by atoms with Crippen molar-refractivity contribution in [2.45, 2.75) is 26.7 Å². The molecule has 0 bridgehead atoms. The third-order valence-corrected chi connectivity index (χ3v) is 5.23. The number of rotatable bonds is 8. The Bertz CT molecular complexity index is 1040. The lowest BCUT2D eigenvalue weighted by atomic mass is 10.1. The molecule has 5 heteroatoms. The Morgan fingerprint density at radius 3 is 2.53 bits per heavy atom. The molecular formula is C25H28N2O3. The summed E-state index contributed by atoms with van der Waals surface area (Å²) >= 11 is 0. The molecule has 0 aliphatic rings. The summed E-state index contributed by atoms with van der Waals surface area (Å²) in [4.78, 5) is 26.1. The van der Waals surface area contributed by atoms with E-state index in [4.69, 9.17) is 4.74 Å². The van der Waals surface area contributed by atoms with Crippen LogP contribution in [-0.4, -0.2) is 36.9 Å². The van der Waals surface area contributed by atoms with Crippen LogP contribution in [0.1, 0.15) is 24.0 Å². The number of aryl methyl sites for hydroxylation is 1. The first-order chi connectivity index (χ1) is 14.5. The Hall–Kier alpha value is -3.34. The maximum Gasteiger partial charge on any atom is 0.243 e. The fourth-order valence-electron chi connectivity index (χ4n) is 3.30. The molecule has 0 unspecified atom stereocenters. The van der Waals surface area contributed by atoms with Gasteiger partial charge in [-0.1, -0.05) is 48.5 Å². The van der Waals surface area contributed by atoms with Crippen LogP contribution in [0.2, 0.25) is 0 Å². The first kappa shape index (κ1) is 21.4. The van der Waals surface area contributed by atoms with Crippen molar-refractivity contribution < 1.29 is 14.3 Å². The van der Waals surface area contributed by atoms with Crippen LogP contribution in [0, 0.1) is 13.8 Å². The normalized spacial score (nSPS) is 10.6. The highest BCUT2D eigenvalue weighted by Crippen LogP contribution is 2.25. The van der Waals surface area contributed by atoms with Crippen molar-refractivity contribution in [3.8, 4) is 5.75 Å².